The molecule has 1 aliphatic rings. The molecule has 80 valence electrons. The highest BCUT2D eigenvalue weighted by atomic mass is 16.5. The van der Waals surface area contributed by atoms with Crippen LogP contribution in [0.2, 0.25) is 0 Å². The van der Waals surface area contributed by atoms with Gasteiger partial charge in [-0.2, -0.15) is 0 Å². The van der Waals surface area contributed by atoms with Gasteiger partial charge in [0.2, 0.25) is 0 Å². The van der Waals surface area contributed by atoms with Gasteiger partial charge in [-0.3, -0.25) is 0 Å². The molecule has 0 radical (unpaired) electrons. The quantitative estimate of drug-likeness (QED) is 0.748. The average Bonchev–Trinajstić information content (AvgIpc) is 2.71. The lowest BCUT2D eigenvalue weighted by Gasteiger charge is -2.13. The predicted molar refractivity (Wildman–Crippen MR) is 53.7 cm³/mol. The lowest BCUT2D eigenvalue weighted by atomic mass is 10.2. The molecule has 0 bridgehead atoms. The third-order valence-corrected chi connectivity index (χ3v) is 2.69. The molecule has 0 saturated heterocycles. The van der Waals surface area contributed by atoms with Crippen LogP contribution < -0.4 is 9.84 Å². The molecular weight excluding hydrogens is 192 g/mol. The maximum Gasteiger partial charge on any atom is 0.119 e. The van der Waals surface area contributed by atoms with Gasteiger partial charge in [0.25, 0.3) is 0 Å². The number of carboxylic acids is 1. The van der Waals surface area contributed by atoms with Crippen molar-refractivity contribution < 1.29 is 14.6 Å². The van der Waals surface area contributed by atoms with Crippen LogP contribution in [0.15, 0.2) is 24.3 Å². The summed E-state index contributed by atoms with van der Waals surface area (Å²) in [7, 11) is 0. The van der Waals surface area contributed by atoms with Gasteiger partial charge in [-0.25, -0.2) is 0 Å². The fourth-order valence-electron chi connectivity index (χ4n) is 1.87. The maximum atomic E-state index is 10.5. The molecule has 1 saturated carbocycles. The summed E-state index contributed by atoms with van der Waals surface area (Å²) >= 11 is 0. The zero-order chi connectivity index (χ0) is 10.7. The standard InChI is InChI=1S/C12H14O3/c13-12(14)9-5-7-11(8-6-9)15-10-3-1-2-4-10/h5-8,10H,1-4H2,(H,13,14)/p-1. The molecule has 1 fully saturated rings. The minimum Gasteiger partial charge on any atom is -0.545 e. The van der Waals surface area contributed by atoms with Crippen LogP contribution in [0.1, 0.15) is 36.0 Å². The first kappa shape index (κ1) is 10.0. The van der Waals surface area contributed by atoms with E-state index >= 15 is 0 Å². The molecule has 0 spiro atoms. The maximum absolute atomic E-state index is 10.5. The number of hydrogen-bond acceptors (Lipinski definition) is 3. The first-order valence-corrected chi connectivity index (χ1v) is 5.24. The minimum atomic E-state index is -1.15. The molecule has 0 atom stereocenters. The molecule has 0 N–H and O–H groups in total. The average molecular weight is 205 g/mol. The number of benzene rings is 1. The summed E-state index contributed by atoms with van der Waals surface area (Å²) in [6, 6.07) is 6.39. The summed E-state index contributed by atoms with van der Waals surface area (Å²) < 4.78 is 5.70. The normalized spacial score (nSPS) is 16.5. The van der Waals surface area contributed by atoms with Gasteiger partial charge in [0, 0.05) is 0 Å². The molecule has 15 heavy (non-hydrogen) atoms. The number of hydrogen-bond donors (Lipinski definition) is 0. The monoisotopic (exact) mass is 205 g/mol. The fraction of sp³-hybridized carbons (Fsp3) is 0.417. The Morgan fingerprint density at radius 3 is 2.33 bits per heavy atom. The van der Waals surface area contributed by atoms with Crippen molar-refractivity contribution in [2.75, 3.05) is 0 Å². The van der Waals surface area contributed by atoms with Crippen molar-refractivity contribution in [2.45, 2.75) is 31.8 Å². The summed E-state index contributed by atoms with van der Waals surface area (Å²) in [5.41, 5.74) is 0.189. The van der Waals surface area contributed by atoms with E-state index in [2.05, 4.69) is 0 Å². The van der Waals surface area contributed by atoms with Gasteiger partial charge >= 0.3 is 0 Å². The van der Waals surface area contributed by atoms with E-state index in [0.717, 1.165) is 18.6 Å². The molecule has 3 heteroatoms. The minimum absolute atomic E-state index is 0.189. The highest BCUT2D eigenvalue weighted by Crippen LogP contribution is 2.24. The van der Waals surface area contributed by atoms with Crippen LogP contribution in [-0.4, -0.2) is 12.1 Å². The third-order valence-electron chi connectivity index (χ3n) is 2.69. The van der Waals surface area contributed by atoms with Gasteiger partial charge in [-0.1, -0.05) is 0 Å². The van der Waals surface area contributed by atoms with E-state index in [4.69, 9.17) is 4.74 Å². The molecule has 0 aliphatic heterocycles. The topological polar surface area (TPSA) is 49.4 Å². The zero-order valence-electron chi connectivity index (χ0n) is 8.44. The molecule has 0 aromatic heterocycles. The molecule has 1 aliphatic carbocycles. The SMILES string of the molecule is O=C([O-])c1ccc(OC2CCCC2)cc1. The Labute approximate surface area is 88.7 Å². The first-order chi connectivity index (χ1) is 7.25. The summed E-state index contributed by atoms with van der Waals surface area (Å²) in [4.78, 5) is 10.5. The number of carbonyl (C=O) groups excluding carboxylic acids is 1. The summed E-state index contributed by atoms with van der Waals surface area (Å²) in [5.74, 6) is -0.408. The van der Waals surface area contributed by atoms with Crippen molar-refractivity contribution >= 4 is 5.97 Å². The highest BCUT2D eigenvalue weighted by molar-refractivity contribution is 5.85. The van der Waals surface area contributed by atoms with Crippen LogP contribution in [0, 0.1) is 0 Å². The molecule has 0 unspecified atom stereocenters. The highest BCUT2D eigenvalue weighted by Gasteiger charge is 2.16. The lowest BCUT2D eigenvalue weighted by Crippen LogP contribution is -2.22. The van der Waals surface area contributed by atoms with Gasteiger partial charge in [-0.15, -0.1) is 0 Å². The Bertz CT molecular complexity index is 336. The summed E-state index contributed by atoms with van der Waals surface area (Å²) in [6.45, 7) is 0. The van der Waals surface area contributed by atoms with E-state index < -0.39 is 5.97 Å². The molecular formula is C12H13O3-. The van der Waals surface area contributed by atoms with Crippen LogP contribution in [0.4, 0.5) is 0 Å². The van der Waals surface area contributed by atoms with Gasteiger partial charge in [-0.05, 0) is 55.5 Å². The van der Waals surface area contributed by atoms with E-state index in [1.54, 1.807) is 12.1 Å². The third kappa shape index (κ3) is 2.49. The van der Waals surface area contributed by atoms with Gasteiger partial charge < -0.3 is 14.6 Å². The molecule has 0 heterocycles. The number of carbonyl (C=O) groups is 1. The molecule has 0 amide bonds. The Kier molecular flexibility index (Phi) is 2.90. The number of carboxylic acid groups (broad SMARTS) is 1. The van der Waals surface area contributed by atoms with Crippen molar-refractivity contribution in [3.63, 3.8) is 0 Å². The summed E-state index contributed by atoms with van der Waals surface area (Å²) in [6.07, 6.45) is 4.95. The van der Waals surface area contributed by atoms with Gasteiger partial charge in [0.1, 0.15) is 5.75 Å². The van der Waals surface area contributed by atoms with Crippen LogP contribution >= 0.6 is 0 Å². The van der Waals surface area contributed by atoms with Crippen molar-refractivity contribution in [3.05, 3.63) is 29.8 Å². The smallest absolute Gasteiger partial charge is 0.119 e. The Hall–Kier alpha value is -1.51. The fourth-order valence-corrected chi connectivity index (χ4v) is 1.87. The van der Waals surface area contributed by atoms with Crippen molar-refractivity contribution in [1.82, 2.24) is 0 Å². The second kappa shape index (κ2) is 4.34. The van der Waals surface area contributed by atoms with E-state index in [1.165, 1.54) is 25.0 Å². The molecule has 2 rings (SSSR count). The van der Waals surface area contributed by atoms with E-state index in [-0.39, 0.29) is 5.56 Å². The largest absolute Gasteiger partial charge is 0.545 e. The Balaban J connectivity index is 2.00. The second-order valence-electron chi connectivity index (χ2n) is 3.84. The Morgan fingerprint density at radius 2 is 1.80 bits per heavy atom. The number of aromatic carboxylic acids is 1. The van der Waals surface area contributed by atoms with Crippen LogP contribution in [0.25, 0.3) is 0 Å². The molecule has 1 aromatic carbocycles. The van der Waals surface area contributed by atoms with Crippen molar-refractivity contribution in [3.8, 4) is 5.75 Å². The lowest BCUT2D eigenvalue weighted by molar-refractivity contribution is -0.255. The van der Waals surface area contributed by atoms with E-state index in [9.17, 15) is 9.90 Å². The molecule has 3 nitrogen and oxygen atoms in total. The van der Waals surface area contributed by atoms with Crippen LogP contribution in [0.3, 0.4) is 0 Å². The predicted octanol–water partition coefficient (Wildman–Crippen LogP) is 1.37. The van der Waals surface area contributed by atoms with E-state index in [1.807, 2.05) is 0 Å². The number of ether oxygens (including phenoxy) is 1. The van der Waals surface area contributed by atoms with Gasteiger partial charge in [0.15, 0.2) is 0 Å². The summed E-state index contributed by atoms with van der Waals surface area (Å²) in [5, 5.41) is 10.5. The second-order valence-corrected chi connectivity index (χ2v) is 3.84. The first-order valence-electron chi connectivity index (χ1n) is 5.24. The van der Waals surface area contributed by atoms with Gasteiger partial charge in [0.05, 0.1) is 12.1 Å². The van der Waals surface area contributed by atoms with Crippen molar-refractivity contribution in [1.29, 1.82) is 0 Å². The van der Waals surface area contributed by atoms with Crippen molar-refractivity contribution in [2.24, 2.45) is 0 Å². The Morgan fingerprint density at radius 1 is 1.20 bits per heavy atom. The molecule has 1 aromatic rings. The number of rotatable bonds is 3. The van der Waals surface area contributed by atoms with E-state index in [0.29, 0.717) is 6.10 Å². The van der Waals surface area contributed by atoms with Crippen LogP contribution in [0.5, 0.6) is 5.75 Å². The van der Waals surface area contributed by atoms with Crippen LogP contribution in [-0.2, 0) is 0 Å². The zero-order valence-corrected chi connectivity index (χ0v) is 8.44.